The molecule has 0 unspecified atom stereocenters. The zero-order valence-corrected chi connectivity index (χ0v) is 14.1. The van der Waals surface area contributed by atoms with E-state index in [1.54, 1.807) is 23.5 Å². The molecule has 3 rings (SSSR count). The first-order chi connectivity index (χ1) is 11.6. The van der Waals surface area contributed by atoms with E-state index in [-0.39, 0.29) is 30.4 Å². The van der Waals surface area contributed by atoms with Gasteiger partial charge in [0.05, 0.1) is 18.7 Å². The number of thiophene rings is 1. The van der Waals surface area contributed by atoms with Crippen LogP contribution in [0.1, 0.15) is 29.3 Å². The summed E-state index contributed by atoms with van der Waals surface area (Å²) in [6.45, 7) is 1.62. The molecule has 1 amide bonds. The number of benzene rings is 1. The van der Waals surface area contributed by atoms with Crippen molar-refractivity contribution < 1.29 is 14.3 Å². The maximum absolute atomic E-state index is 13.2. The first kappa shape index (κ1) is 17.1. The lowest BCUT2D eigenvalue weighted by molar-refractivity contribution is -0.123. The Hall–Kier alpha value is -1.76. The minimum Gasteiger partial charge on any atom is -0.392 e. The molecule has 1 fully saturated rings. The molecule has 1 aromatic heterocycles. The molecule has 4 nitrogen and oxygen atoms in total. The van der Waals surface area contributed by atoms with E-state index in [0.717, 1.165) is 29.8 Å². The smallest absolute Gasteiger partial charge is 0.234 e. The van der Waals surface area contributed by atoms with Crippen LogP contribution in [0.25, 0.3) is 0 Å². The van der Waals surface area contributed by atoms with Gasteiger partial charge in [0.25, 0.3) is 0 Å². The Morgan fingerprint density at radius 2 is 2.17 bits per heavy atom. The second-order valence-corrected chi connectivity index (χ2v) is 7.08. The number of halogens is 1. The van der Waals surface area contributed by atoms with Crippen LogP contribution in [0.3, 0.4) is 0 Å². The van der Waals surface area contributed by atoms with Crippen LogP contribution >= 0.6 is 11.3 Å². The lowest BCUT2D eigenvalue weighted by Gasteiger charge is -2.30. The molecule has 1 aliphatic heterocycles. The first-order valence-electron chi connectivity index (χ1n) is 8.10. The summed E-state index contributed by atoms with van der Waals surface area (Å²) in [5, 5.41) is 14.7. The molecular weight excluding hydrogens is 327 g/mol. The zero-order chi connectivity index (χ0) is 16.9. The van der Waals surface area contributed by atoms with Crippen LogP contribution < -0.4 is 5.32 Å². The van der Waals surface area contributed by atoms with Gasteiger partial charge in [0.15, 0.2) is 0 Å². The number of piperidine rings is 1. The molecule has 0 spiro atoms. The number of rotatable bonds is 5. The molecule has 2 N–H and O–H groups in total. The van der Waals surface area contributed by atoms with E-state index in [2.05, 4.69) is 5.32 Å². The van der Waals surface area contributed by atoms with E-state index in [9.17, 15) is 14.3 Å². The topological polar surface area (TPSA) is 52.6 Å². The molecule has 1 aromatic carbocycles. The molecule has 2 atom stereocenters. The molecule has 0 aliphatic carbocycles. The van der Waals surface area contributed by atoms with Gasteiger partial charge in [-0.25, -0.2) is 4.39 Å². The van der Waals surface area contributed by atoms with Crippen LogP contribution in [0.5, 0.6) is 0 Å². The monoisotopic (exact) mass is 348 g/mol. The predicted molar refractivity (Wildman–Crippen MR) is 92.4 cm³/mol. The summed E-state index contributed by atoms with van der Waals surface area (Å²) in [5.74, 6) is -0.385. The Morgan fingerprint density at radius 3 is 2.83 bits per heavy atom. The maximum Gasteiger partial charge on any atom is 0.234 e. The highest BCUT2D eigenvalue weighted by molar-refractivity contribution is 7.10. The van der Waals surface area contributed by atoms with Gasteiger partial charge in [0.1, 0.15) is 5.82 Å². The van der Waals surface area contributed by atoms with Crippen molar-refractivity contribution in [1.82, 2.24) is 10.2 Å². The highest BCUT2D eigenvalue weighted by atomic mass is 32.1. The van der Waals surface area contributed by atoms with E-state index in [1.165, 1.54) is 12.1 Å². The predicted octanol–water partition coefficient (Wildman–Crippen LogP) is 2.55. The lowest BCUT2D eigenvalue weighted by atomic mass is 10.0. The van der Waals surface area contributed by atoms with Gasteiger partial charge < -0.3 is 10.4 Å². The fraction of sp³-hybridized carbons (Fsp3) is 0.389. The molecule has 6 heteroatoms. The number of amides is 1. The van der Waals surface area contributed by atoms with Crippen molar-refractivity contribution >= 4 is 17.2 Å². The molecule has 0 radical (unpaired) electrons. The molecule has 2 heterocycles. The Bertz CT molecular complexity index is 660. The number of aliphatic hydroxyl groups excluding tert-OH is 1. The zero-order valence-electron chi connectivity index (χ0n) is 13.3. The van der Waals surface area contributed by atoms with Crippen molar-refractivity contribution in [2.75, 3.05) is 19.6 Å². The van der Waals surface area contributed by atoms with Crippen LogP contribution in [0.2, 0.25) is 0 Å². The van der Waals surface area contributed by atoms with E-state index in [4.69, 9.17) is 0 Å². The minimum absolute atomic E-state index is 0.0909. The SMILES string of the molecule is O=C(CN1CCC[C@H](O)C1)N[C@@H](c1ccc(F)cc1)c1cccs1. The van der Waals surface area contributed by atoms with E-state index in [1.807, 2.05) is 22.4 Å². The molecule has 24 heavy (non-hydrogen) atoms. The van der Waals surface area contributed by atoms with Crippen LogP contribution in [0.15, 0.2) is 41.8 Å². The van der Waals surface area contributed by atoms with Gasteiger partial charge in [-0.3, -0.25) is 9.69 Å². The first-order valence-corrected chi connectivity index (χ1v) is 8.98. The number of hydrogen-bond acceptors (Lipinski definition) is 4. The maximum atomic E-state index is 13.2. The van der Waals surface area contributed by atoms with Crippen molar-refractivity contribution in [1.29, 1.82) is 0 Å². The second-order valence-electron chi connectivity index (χ2n) is 6.10. The number of aliphatic hydroxyl groups is 1. The number of β-amino-alcohol motifs (C(OH)–C–C–N with tert-alkyl or cyclic N) is 1. The summed E-state index contributed by atoms with van der Waals surface area (Å²) in [7, 11) is 0. The Kier molecular flexibility index (Phi) is 5.60. The largest absolute Gasteiger partial charge is 0.392 e. The van der Waals surface area contributed by atoms with Gasteiger partial charge in [-0.15, -0.1) is 11.3 Å². The molecule has 0 bridgehead atoms. The average molecular weight is 348 g/mol. The Labute approximate surface area is 144 Å². The molecule has 2 aromatic rings. The molecule has 0 saturated carbocycles. The number of carbonyl (C=O) groups is 1. The van der Waals surface area contributed by atoms with Gasteiger partial charge in [0.2, 0.25) is 5.91 Å². The molecule has 128 valence electrons. The van der Waals surface area contributed by atoms with Crippen molar-refractivity contribution in [2.24, 2.45) is 0 Å². The summed E-state index contributed by atoms with van der Waals surface area (Å²) in [5.41, 5.74) is 0.853. The number of likely N-dealkylation sites (tertiary alicyclic amines) is 1. The van der Waals surface area contributed by atoms with E-state index < -0.39 is 0 Å². The second kappa shape index (κ2) is 7.88. The molecule has 1 aliphatic rings. The number of nitrogens with one attached hydrogen (secondary N) is 1. The third-order valence-corrected chi connectivity index (χ3v) is 5.12. The number of hydrogen-bond donors (Lipinski definition) is 2. The fourth-order valence-electron chi connectivity index (χ4n) is 3.01. The average Bonchev–Trinajstić information content (AvgIpc) is 3.08. The lowest BCUT2D eigenvalue weighted by Crippen LogP contribution is -2.44. The van der Waals surface area contributed by atoms with Gasteiger partial charge in [-0.1, -0.05) is 18.2 Å². The molecular formula is C18H21FN2O2S. The van der Waals surface area contributed by atoms with Gasteiger partial charge in [-0.2, -0.15) is 0 Å². The number of carbonyl (C=O) groups excluding carboxylic acids is 1. The van der Waals surface area contributed by atoms with Crippen LogP contribution in [-0.2, 0) is 4.79 Å². The van der Waals surface area contributed by atoms with Gasteiger partial charge >= 0.3 is 0 Å². The van der Waals surface area contributed by atoms with Gasteiger partial charge in [-0.05, 0) is 48.5 Å². The summed E-state index contributed by atoms with van der Waals surface area (Å²) in [6, 6.07) is 9.82. The van der Waals surface area contributed by atoms with Crippen molar-refractivity contribution in [3.63, 3.8) is 0 Å². The fourth-order valence-corrected chi connectivity index (χ4v) is 3.82. The normalized spacial score (nSPS) is 19.8. The van der Waals surface area contributed by atoms with E-state index >= 15 is 0 Å². The van der Waals surface area contributed by atoms with Crippen molar-refractivity contribution in [3.8, 4) is 0 Å². The third kappa shape index (κ3) is 4.41. The van der Waals surface area contributed by atoms with Crippen LogP contribution in [0.4, 0.5) is 4.39 Å². The quantitative estimate of drug-likeness (QED) is 0.873. The Balaban J connectivity index is 1.70. The van der Waals surface area contributed by atoms with Crippen LogP contribution in [0, 0.1) is 5.82 Å². The summed E-state index contributed by atoms with van der Waals surface area (Å²) >= 11 is 1.56. The highest BCUT2D eigenvalue weighted by Crippen LogP contribution is 2.26. The minimum atomic E-state index is -0.350. The molecule has 1 saturated heterocycles. The summed E-state index contributed by atoms with van der Waals surface area (Å²) in [6.07, 6.45) is 1.35. The van der Waals surface area contributed by atoms with Crippen molar-refractivity contribution in [3.05, 3.63) is 58.0 Å². The number of nitrogens with zero attached hydrogens (tertiary/aromatic N) is 1. The summed E-state index contributed by atoms with van der Waals surface area (Å²) in [4.78, 5) is 15.4. The van der Waals surface area contributed by atoms with Crippen molar-refractivity contribution in [2.45, 2.75) is 25.0 Å². The van der Waals surface area contributed by atoms with E-state index in [0.29, 0.717) is 6.54 Å². The van der Waals surface area contributed by atoms with Gasteiger partial charge in [0, 0.05) is 11.4 Å². The standard InChI is InChI=1S/C18H21FN2O2S/c19-14-7-5-13(6-8-14)18(16-4-2-10-24-16)20-17(23)12-21-9-1-3-15(22)11-21/h2,4-8,10,15,18,22H,1,3,9,11-12H2,(H,20,23)/t15-,18-/m0/s1. The van der Waals surface area contributed by atoms with Crippen LogP contribution in [-0.4, -0.2) is 41.7 Å². The highest BCUT2D eigenvalue weighted by Gasteiger charge is 2.22. The summed E-state index contributed by atoms with van der Waals surface area (Å²) < 4.78 is 13.2. The Morgan fingerprint density at radius 1 is 1.38 bits per heavy atom. The third-order valence-electron chi connectivity index (χ3n) is 4.18.